The van der Waals surface area contributed by atoms with Crippen LogP contribution in [0, 0.1) is 6.92 Å². The predicted octanol–water partition coefficient (Wildman–Crippen LogP) is 3.89. The molecule has 0 radical (unpaired) electrons. The van der Waals surface area contributed by atoms with Crippen LogP contribution in [0.25, 0.3) is 0 Å². The van der Waals surface area contributed by atoms with E-state index in [1.807, 2.05) is 6.92 Å². The van der Waals surface area contributed by atoms with Gasteiger partial charge in [0.1, 0.15) is 0 Å². The van der Waals surface area contributed by atoms with E-state index in [2.05, 4.69) is 10.6 Å². The first-order valence-corrected chi connectivity index (χ1v) is 10.4. The maximum atomic E-state index is 13.1. The van der Waals surface area contributed by atoms with Gasteiger partial charge in [0, 0.05) is 11.3 Å². The van der Waals surface area contributed by atoms with E-state index in [1.54, 1.807) is 48.5 Å². The van der Waals surface area contributed by atoms with Gasteiger partial charge in [0.25, 0.3) is 11.8 Å². The first-order chi connectivity index (χ1) is 16.4. The number of carbonyl (C=O) groups is 3. The maximum absolute atomic E-state index is 13.1. The smallest absolute Gasteiger partial charge is 0.307 e. The molecule has 178 valence electrons. The standard InChI is InChI=1S/C25H26N2O7/c1-15-7-8-17(12-18(15)26-25(30)21-6-5-11-34-21)24(29)27-19(14-23(28)33-4)16-9-10-20(31-2)22(13-16)32-3/h5-13,19H,14H2,1-4H3,(H,26,30)(H,27,29). The average molecular weight is 466 g/mol. The van der Waals surface area contributed by atoms with Crippen LogP contribution in [0.1, 0.15) is 44.5 Å². The van der Waals surface area contributed by atoms with Gasteiger partial charge in [0.15, 0.2) is 17.3 Å². The fourth-order valence-corrected chi connectivity index (χ4v) is 3.30. The van der Waals surface area contributed by atoms with E-state index >= 15 is 0 Å². The van der Waals surface area contributed by atoms with Gasteiger partial charge in [-0.1, -0.05) is 12.1 Å². The lowest BCUT2D eigenvalue weighted by Gasteiger charge is -2.20. The molecule has 3 aromatic rings. The van der Waals surface area contributed by atoms with Crippen molar-refractivity contribution in [3.8, 4) is 11.5 Å². The molecule has 9 nitrogen and oxygen atoms in total. The third-order valence-corrected chi connectivity index (χ3v) is 5.21. The van der Waals surface area contributed by atoms with Gasteiger partial charge in [0.2, 0.25) is 0 Å². The number of rotatable bonds is 9. The molecule has 0 aliphatic rings. The first kappa shape index (κ1) is 24.4. The highest BCUT2D eigenvalue weighted by atomic mass is 16.5. The average Bonchev–Trinajstić information content (AvgIpc) is 3.39. The second-order valence-corrected chi connectivity index (χ2v) is 7.38. The number of furan rings is 1. The van der Waals surface area contributed by atoms with Crippen LogP contribution in [-0.2, 0) is 9.53 Å². The molecule has 0 aliphatic heterocycles. The van der Waals surface area contributed by atoms with E-state index in [0.29, 0.717) is 28.3 Å². The Morgan fingerprint density at radius 2 is 1.71 bits per heavy atom. The van der Waals surface area contributed by atoms with Crippen LogP contribution >= 0.6 is 0 Å². The molecule has 1 aromatic heterocycles. The molecule has 2 amide bonds. The predicted molar refractivity (Wildman–Crippen MR) is 124 cm³/mol. The molecule has 0 spiro atoms. The van der Waals surface area contributed by atoms with Gasteiger partial charge in [-0.05, 0) is 54.4 Å². The summed E-state index contributed by atoms with van der Waals surface area (Å²) in [6.45, 7) is 1.81. The Hall–Kier alpha value is -4.27. The van der Waals surface area contributed by atoms with Crippen molar-refractivity contribution in [1.29, 1.82) is 0 Å². The topological polar surface area (TPSA) is 116 Å². The van der Waals surface area contributed by atoms with Gasteiger partial charge in [-0.25, -0.2) is 0 Å². The lowest BCUT2D eigenvalue weighted by Crippen LogP contribution is -2.30. The zero-order chi connectivity index (χ0) is 24.7. The van der Waals surface area contributed by atoms with E-state index in [9.17, 15) is 14.4 Å². The largest absolute Gasteiger partial charge is 0.493 e. The van der Waals surface area contributed by atoms with Gasteiger partial charge < -0.3 is 29.3 Å². The third kappa shape index (κ3) is 5.74. The van der Waals surface area contributed by atoms with E-state index in [0.717, 1.165) is 5.56 Å². The Labute approximate surface area is 197 Å². The minimum Gasteiger partial charge on any atom is -0.493 e. The molecule has 0 saturated heterocycles. The number of anilines is 1. The van der Waals surface area contributed by atoms with E-state index in [4.69, 9.17) is 18.6 Å². The summed E-state index contributed by atoms with van der Waals surface area (Å²) in [6, 6.07) is 12.5. The number of nitrogens with one attached hydrogen (secondary N) is 2. The second kappa shape index (κ2) is 11.0. The highest BCUT2D eigenvalue weighted by Gasteiger charge is 2.22. The van der Waals surface area contributed by atoms with Crippen molar-refractivity contribution >= 4 is 23.5 Å². The summed E-state index contributed by atoms with van der Waals surface area (Å²) >= 11 is 0. The van der Waals surface area contributed by atoms with Gasteiger partial charge in [-0.3, -0.25) is 14.4 Å². The van der Waals surface area contributed by atoms with Crippen molar-refractivity contribution in [2.75, 3.05) is 26.6 Å². The highest BCUT2D eigenvalue weighted by molar-refractivity contribution is 6.04. The maximum Gasteiger partial charge on any atom is 0.307 e. The van der Waals surface area contributed by atoms with Crippen LogP contribution in [0.5, 0.6) is 11.5 Å². The minimum atomic E-state index is -0.692. The van der Waals surface area contributed by atoms with Crippen LogP contribution in [0.15, 0.2) is 59.2 Å². The summed E-state index contributed by atoms with van der Waals surface area (Å²) in [5.74, 6) is -0.222. The minimum absolute atomic E-state index is 0.0916. The van der Waals surface area contributed by atoms with Crippen molar-refractivity contribution in [2.45, 2.75) is 19.4 Å². The first-order valence-electron chi connectivity index (χ1n) is 10.4. The molecule has 34 heavy (non-hydrogen) atoms. The van der Waals surface area contributed by atoms with Crippen LogP contribution in [0.3, 0.4) is 0 Å². The molecule has 9 heteroatoms. The fraction of sp³-hybridized carbons (Fsp3) is 0.240. The number of aryl methyl sites for hydroxylation is 1. The number of carbonyl (C=O) groups excluding carboxylic acids is 3. The molecule has 0 fully saturated rings. The second-order valence-electron chi connectivity index (χ2n) is 7.38. The lowest BCUT2D eigenvalue weighted by molar-refractivity contribution is -0.141. The Morgan fingerprint density at radius 1 is 0.941 bits per heavy atom. The van der Waals surface area contributed by atoms with E-state index < -0.39 is 23.8 Å². The molecule has 0 bridgehead atoms. The Bertz CT molecular complexity index is 1170. The monoisotopic (exact) mass is 466 g/mol. The molecular formula is C25H26N2O7. The molecule has 0 aliphatic carbocycles. The molecule has 1 atom stereocenters. The zero-order valence-corrected chi connectivity index (χ0v) is 19.3. The fourth-order valence-electron chi connectivity index (χ4n) is 3.30. The molecule has 2 aromatic carbocycles. The Balaban J connectivity index is 1.85. The van der Waals surface area contributed by atoms with Crippen LogP contribution < -0.4 is 20.1 Å². The molecule has 2 N–H and O–H groups in total. The zero-order valence-electron chi connectivity index (χ0n) is 19.3. The molecule has 1 unspecified atom stereocenters. The van der Waals surface area contributed by atoms with Crippen molar-refractivity contribution < 1.29 is 33.0 Å². The summed E-state index contributed by atoms with van der Waals surface area (Å²) in [6.07, 6.45) is 1.31. The van der Waals surface area contributed by atoms with Gasteiger partial charge >= 0.3 is 5.97 Å². The number of amides is 2. The van der Waals surface area contributed by atoms with Crippen molar-refractivity contribution in [3.05, 3.63) is 77.2 Å². The lowest BCUT2D eigenvalue weighted by atomic mass is 10.0. The van der Waals surface area contributed by atoms with Crippen LogP contribution in [0.4, 0.5) is 5.69 Å². The number of hydrogen-bond acceptors (Lipinski definition) is 7. The SMILES string of the molecule is COC(=O)CC(NC(=O)c1ccc(C)c(NC(=O)c2ccco2)c1)c1ccc(OC)c(OC)c1. The molecule has 3 rings (SSSR count). The number of ether oxygens (including phenoxy) is 3. The van der Waals surface area contributed by atoms with Gasteiger partial charge in [0.05, 0.1) is 40.1 Å². The van der Waals surface area contributed by atoms with Crippen LogP contribution in [-0.4, -0.2) is 39.1 Å². The van der Waals surface area contributed by atoms with Gasteiger partial charge in [-0.15, -0.1) is 0 Å². The molecular weight excluding hydrogens is 440 g/mol. The number of methoxy groups -OCH3 is 3. The molecule has 0 saturated carbocycles. The van der Waals surface area contributed by atoms with E-state index in [-0.39, 0.29) is 12.2 Å². The van der Waals surface area contributed by atoms with E-state index in [1.165, 1.54) is 27.6 Å². The van der Waals surface area contributed by atoms with Crippen molar-refractivity contribution in [2.24, 2.45) is 0 Å². The van der Waals surface area contributed by atoms with Gasteiger partial charge in [-0.2, -0.15) is 0 Å². The summed E-state index contributed by atoms with van der Waals surface area (Å²) in [5.41, 5.74) is 2.16. The highest BCUT2D eigenvalue weighted by Crippen LogP contribution is 2.31. The number of benzene rings is 2. The summed E-state index contributed by atoms with van der Waals surface area (Å²) in [7, 11) is 4.30. The summed E-state index contributed by atoms with van der Waals surface area (Å²) < 4.78 is 20.5. The van der Waals surface area contributed by atoms with Crippen molar-refractivity contribution in [3.63, 3.8) is 0 Å². The normalized spacial score (nSPS) is 11.3. The Morgan fingerprint density at radius 3 is 2.35 bits per heavy atom. The number of esters is 1. The van der Waals surface area contributed by atoms with Crippen LogP contribution in [0.2, 0.25) is 0 Å². The number of hydrogen-bond donors (Lipinski definition) is 2. The Kier molecular flexibility index (Phi) is 7.92. The summed E-state index contributed by atoms with van der Waals surface area (Å²) in [4.78, 5) is 37.5. The quantitative estimate of drug-likeness (QED) is 0.460. The molecule has 1 heterocycles. The third-order valence-electron chi connectivity index (χ3n) is 5.21. The van der Waals surface area contributed by atoms with Crippen molar-refractivity contribution in [1.82, 2.24) is 5.32 Å². The summed E-state index contributed by atoms with van der Waals surface area (Å²) in [5, 5.41) is 5.61.